The minimum atomic E-state index is -0.918. The van der Waals surface area contributed by atoms with Gasteiger partial charge in [0.1, 0.15) is 12.0 Å². The maximum absolute atomic E-state index is 13.5. The van der Waals surface area contributed by atoms with Crippen LogP contribution in [0.4, 0.5) is 4.39 Å². The van der Waals surface area contributed by atoms with Gasteiger partial charge in [0, 0.05) is 24.6 Å². The molecule has 0 spiro atoms. The largest absolute Gasteiger partial charge is 0.338 e. The molecule has 1 saturated heterocycles. The molecule has 2 fully saturated rings. The van der Waals surface area contributed by atoms with E-state index < -0.39 is 12.2 Å². The second-order valence-corrected chi connectivity index (χ2v) is 9.23. The van der Waals surface area contributed by atoms with Crippen molar-refractivity contribution in [2.24, 2.45) is 5.73 Å². The fourth-order valence-corrected chi connectivity index (χ4v) is 5.20. The number of benzene rings is 1. The quantitative estimate of drug-likeness (QED) is 0.705. The molecule has 2 aromatic heterocycles. The number of nitrogens with two attached hydrogens (primary N) is 1. The summed E-state index contributed by atoms with van der Waals surface area (Å²) in [6.45, 7) is 0.653. The first-order chi connectivity index (χ1) is 15.1. The van der Waals surface area contributed by atoms with Crippen molar-refractivity contribution in [3.05, 3.63) is 53.5 Å². The zero-order valence-corrected chi connectivity index (χ0v) is 17.4. The molecule has 0 unspecified atom stereocenters. The van der Waals surface area contributed by atoms with Crippen molar-refractivity contribution in [3.8, 4) is 11.1 Å². The average Bonchev–Trinajstić information content (AvgIpc) is 3.20. The van der Waals surface area contributed by atoms with Crippen molar-refractivity contribution in [3.63, 3.8) is 0 Å². The van der Waals surface area contributed by atoms with E-state index in [1.54, 1.807) is 4.90 Å². The fourth-order valence-electron chi connectivity index (χ4n) is 5.20. The number of carbonyl (C=O) groups is 1. The summed E-state index contributed by atoms with van der Waals surface area (Å²) in [7, 11) is 0. The molecule has 7 heteroatoms. The lowest BCUT2D eigenvalue weighted by molar-refractivity contribution is -0.132. The summed E-state index contributed by atoms with van der Waals surface area (Å²) in [4.78, 5) is 14.4. The number of amides is 1. The number of hydrogen-bond acceptors (Lipinski definition) is 4. The second-order valence-electron chi connectivity index (χ2n) is 9.23. The van der Waals surface area contributed by atoms with Gasteiger partial charge in [0.05, 0.1) is 12.6 Å². The molecule has 31 heavy (non-hydrogen) atoms. The molecule has 3 aliphatic rings. The Morgan fingerprint density at radius 3 is 2.71 bits per heavy atom. The van der Waals surface area contributed by atoms with Crippen LogP contribution in [-0.2, 0) is 11.2 Å². The molecule has 3 aromatic rings. The van der Waals surface area contributed by atoms with E-state index in [1.165, 1.54) is 18.4 Å². The van der Waals surface area contributed by atoms with Gasteiger partial charge in [-0.3, -0.25) is 9.20 Å². The van der Waals surface area contributed by atoms with Crippen molar-refractivity contribution < 1.29 is 9.18 Å². The van der Waals surface area contributed by atoms with Crippen molar-refractivity contribution in [1.29, 1.82) is 0 Å². The van der Waals surface area contributed by atoms with Gasteiger partial charge < -0.3 is 10.6 Å². The number of hydrogen-bond donors (Lipinski definition) is 1. The number of fused-ring (bicyclic) bond motifs is 2. The van der Waals surface area contributed by atoms with Crippen molar-refractivity contribution in [2.45, 2.75) is 56.2 Å². The van der Waals surface area contributed by atoms with Gasteiger partial charge in [-0.1, -0.05) is 18.2 Å². The molecule has 1 saturated carbocycles. The topological polar surface area (TPSA) is 76.5 Å². The average molecular weight is 420 g/mol. The van der Waals surface area contributed by atoms with Crippen LogP contribution in [0.2, 0.25) is 0 Å². The lowest BCUT2D eigenvalue weighted by Crippen LogP contribution is -2.45. The standard InChI is InChI=1S/C24H26FN5O/c25-18-9-10-29(13-18)24(31)22(26)20-7-4-16-11-15(3-6-19(16)20)17-5-8-21-27-28-23(14-1-2-14)30(21)12-17/h3,5-6,8,11-12,14,18,20,22H,1-2,4,7,9-10,13,26H2/t18-,20-,22-/m0/s1. The van der Waals surface area contributed by atoms with Crippen molar-refractivity contribution in [2.75, 3.05) is 13.1 Å². The molecule has 1 amide bonds. The molecule has 6 nitrogen and oxygen atoms in total. The van der Waals surface area contributed by atoms with E-state index in [1.807, 2.05) is 6.07 Å². The fraction of sp³-hybridized carbons (Fsp3) is 0.458. The van der Waals surface area contributed by atoms with Crippen LogP contribution in [0.1, 0.15) is 54.5 Å². The van der Waals surface area contributed by atoms with E-state index >= 15 is 0 Å². The highest BCUT2D eigenvalue weighted by Crippen LogP contribution is 2.40. The number of aromatic nitrogens is 3. The van der Waals surface area contributed by atoms with Gasteiger partial charge in [-0.05, 0) is 66.5 Å². The predicted octanol–water partition coefficient (Wildman–Crippen LogP) is 3.20. The molecule has 1 aromatic carbocycles. The van der Waals surface area contributed by atoms with Gasteiger partial charge in [0.15, 0.2) is 5.65 Å². The van der Waals surface area contributed by atoms with E-state index in [0.717, 1.165) is 41.0 Å². The maximum atomic E-state index is 13.5. The summed E-state index contributed by atoms with van der Waals surface area (Å²) < 4.78 is 15.6. The zero-order chi connectivity index (χ0) is 21.1. The molecule has 2 N–H and O–H groups in total. The summed E-state index contributed by atoms with van der Waals surface area (Å²) in [5.41, 5.74) is 12.0. The summed E-state index contributed by atoms with van der Waals surface area (Å²) in [6, 6.07) is 9.96. The van der Waals surface area contributed by atoms with Gasteiger partial charge in [-0.25, -0.2) is 4.39 Å². The Bertz CT molecular complexity index is 1170. The number of nitrogens with zero attached hydrogens (tertiary/aromatic N) is 4. The Morgan fingerprint density at radius 1 is 1.10 bits per heavy atom. The van der Waals surface area contributed by atoms with E-state index in [0.29, 0.717) is 18.9 Å². The van der Waals surface area contributed by atoms with Gasteiger partial charge in [-0.2, -0.15) is 0 Å². The third-order valence-corrected chi connectivity index (χ3v) is 7.13. The molecular weight excluding hydrogens is 393 g/mol. The van der Waals surface area contributed by atoms with E-state index in [2.05, 4.69) is 45.1 Å². The highest BCUT2D eigenvalue weighted by Gasteiger charge is 2.36. The van der Waals surface area contributed by atoms with Crippen LogP contribution in [0.5, 0.6) is 0 Å². The first-order valence-corrected chi connectivity index (χ1v) is 11.2. The van der Waals surface area contributed by atoms with Crippen molar-refractivity contribution in [1.82, 2.24) is 19.5 Å². The minimum Gasteiger partial charge on any atom is -0.338 e. The lowest BCUT2D eigenvalue weighted by Gasteiger charge is -2.25. The number of halogens is 1. The Kier molecular flexibility index (Phi) is 4.35. The van der Waals surface area contributed by atoms with Crippen molar-refractivity contribution >= 4 is 11.6 Å². The normalized spacial score (nSPS) is 24.0. The molecule has 2 aliphatic carbocycles. The number of likely N-dealkylation sites (tertiary alicyclic amines) is 1. The smallest absolute Gasteiger partial charge is 0.240 e. The zero-order valence-electron chi connectivity index (χ0n) is 17.4. The molecule has 0 bridgehead atoms. The summed E-state index contributed by atoms with van der Waals surface area (Å²) in [5.74, 6) is 1.47. The summed E-state index contributed by atoms with van der Waals surface area (Å²) >= 11 is 0. The van der Waals surface area contributed by atoms with Crippen LogP contribution in [0, 0.1) is 0 Å². The first kappa shape index (κ1) is 18.9. The summed E-state index contributed by atoms with van der Waals surface area (Å²) in [6.07, 6.45) is 5.77. The Hall–Kier alpha value is -2.80. The van der Waals surface area contributed by atoms with E-state index in [4.69, 9.17) is 5.73 Å². The van der Waals surface area contributed by atoms with Crippen LogP contribution in [-0.4, -0.2) is 50.7 Å². The van der Waals surface area contributed by atoms with E-state index in [-0.39, 0.29) is 18.4 Å². The number of alkyl halides is 1. The number of carbonyl (C=O) groups excluding carboxylic acids is 1. The van der Waals surface area contributed by atoms with E-state index in [9.17, 15) is 9.18 Å². The third-order valence-electron chi connectivity index (χ3n) is 7.13. The van der Waals surface area contributed by atoms with Crippen LogP contribution in [0.3, 0.4) is 0 Å². The minimum absolute atomic E-state index is 0.00277. The van der Waals surface area contributed by atoms with Crippen LogP contribution >= 0.6 is 0 Å². The van der Waals surface area contributed by atoms with Gasteiger partial charge in [0.25, 0.3) is 0 Å². The second kappa shape index (κ2) is 7.12. The number of pyridine rings is 1. The monoisotopic (exact) mass is 419 g/mol. The third kappa shape index (κ3) is 3.22. The van der Waals surface area contributed by atoms with Crippen LogP contribution in [0.15, 0.2) is 36.5 Å². The molecule has 0 radical (unpaired) electrons. The summed E-state index contributed by atoms with van der Waals surface area (Å²) in [5, 5.41) is 8.67. The molecule has 160 valence electrons. The van der Waals surface area contributed by atoms with Gasteiger partial charge in [0.2, 0.25) is 5.91 Å². The molecule has 1 aliphatic heterocycles. The Balaban J connectivity index is 1.27. The van der Waals surface area contributed by atoms with Crippen LogP contribution in [0.25, 0.3) is 16.8 Å². The molecule has 3 atom stereocenters. The lowest BCUT2D eigenvalue weighted by atomic mass is 9.91. The number of rotatable bonds is 4. The first-order valence-electron chi connectivity index (χ1n) is 11.2. The van der Waals surface area contributed by atoms with Crippen LogP contribution < -0.4 is 5.73 Å². The van der Waals surface area contributed by atoms with Gasteiger partial charge >= 0.3 is 0 Å². The Labute approximate surface area is 180 Å². The molecule has 3 heterocycles. The highest BCUT2D eigenvalue weighted by atomic mass is 19.1. The highest BCUT2D eigenvalue weighted by molar-refractivity contribution is 5.83. The predicted molar refractivity (Wildman–Crippen MR) is 116 cm³/mol. The molecular formula is C24H26FN5O. The molecule has 6 rings (SSSR count). The maximum Gasteiger partial charge on any atom is 0.240 e. The number of aryl methyl sites for hydroxylation is 1. The van der Waals surface area contributed by atoms with Gasteiger partial charge in [-0.15, -0.1) is 10.2 Å². The SMILES string of the molecule is N[C@H](C(=O)N1CC[C@H](F)C1)[C@H]1CCc2cc(-c3ccc4nnc(C5CC5)n4c3)ccc21. The Morgan fingerprint density at radius 2 is 1.94 bits per heavy atom.